The molecule has 0 saturated heterocycles. The lowest BCUT2D eigenvalue weighted by atomic mass is 9.90. The van der Waals surface area contributed by atoms with Crippen molar-refractivity contribution in [3.05, 3.63) is 95.1 Å². The van der Waals surface area contributed by atoms with Gasteiger partial charge < -0.3 is 20.3 Å². The van der Waals surface area contributed by atoms with Crippen LogP contribution in [0.4, 0.5) is 5.69 Å². The van der Waals surface area contributed by atoms with Gasteiger partial charge in [-0.1, -0.05) is 67.6 Å². The first kappa shape index (κ1) is 30.1. The van der Waals surface area contributed by atoms with Crippen molar-refractivity contribution in [3.63, 3.8) is 0 Å². The molecule has 8 nitrogen and oxygen atoms in total. The van der Waals surface area contributed by atoms with E-state index in [9.17, 15) is 23.4 Å². The third-order valence-electron chi connectivity index (χ3n) is 6.40. The van der Waals surface area contributed by atoms with E-state index in [-0.39, 0.29) is 18.8 Å². The largest absolute Gasteiger partial charge is 0.487 e. The summed E-state index contributed by atoms with van der Waals surface area (Å²) in [5.41, 5.74) is 3.10. The first-order chi connectivity index (χ1) is 18.4. The minimum absolute atomic E-state index is 0.224. The first-order valence-electron chi connectivity index (χ1n) is 12.9. The molecule has 3 aromatic rings. The molecule has 0 spiro atoms. The summed E-state index contributed by atoms with van der Waals surface area (Å²) in [7, 11) is -3.58. The Hall–Kier alpha value is -3.40. The Labute approximate surface area is 231 Å². The fourth-order valence-corrected chi connectivity index (χ4v) is 4.99. The number of hydrogen-bond donors (Lipinski definition) is 4. The second kappa shape index (κ2) is 13.1. The van der Waals surface area contributed by atoms with Crippen LogP contribution in [-0.2, 0) is 27.8 Å². The van der Waals surface area contributed by atoms with Crippen molar-refractivity contribution >= 4 is 21.7 Å². The average molecular weight is 555 g/mol. The number of hydrogen-bond acceptors (Lipinski definition) is 6. The van der Waals surface area contributed by atoms with E-state index >= 15 is 0 Å². The second-order valence-corrected chi connectivity index (χ2v) is 12.2. The molecular weight excluding hydrogens is 516 g/mol. The van der Waals surface area contributed by atoms with Crippen LogP contribution in [0, 0.1) is 0 Å². The zero-order valence-corrected chi connectivity index (χ0v) is 23.7. The van der Waals surface area contributed by atoms with Gasteiger partial charge >= 0.3 is 5.97 Å². The van der Waals surface area contributed by atoms with E-state index in [2.05, 4.69) is 10.0 Å². The topological polar surface area (TPSA) is 125 Å². The van der Waals surface area contributed by atoms with E-state index in [0.717, 1.165) is 22.9 Å². The molecule has 0 radical (unpaired) electrons. The Bertz CT molecular complexity index is 1360. The summed E-state index contributed by atoms with van der Waals surface area (Å²) in [6.07, 6.45) is 1.29. The van der Waals surface area contributed by atoms with Crippen LogP contribution in [-0.4, -0.2) is 42.9 Å². The van der Waals surface area contributed by atoms with Crippen LogP contribution < -0.4 is 14.8 Å². The van der Waals surface area contributed by atoms with Crippen molar-refractivity contribution in [3.8, 4) is 5.75 Å². The van der Waals surface area contributed by atoms with Gasteiger partial charge in [0, 0.05) is 12.1 Å². The standard InChI is InChI=1S/C30H38N2O6S/c1-5-25(29(34)35)23-13-9-12-22(16-23)18-30(2,3)31-19-27(33)24-14-15-28(26(17-24)32-39(4,36)37)38-20-21-10-7-6-8-11-21/h6-17,25,27,31-33H,5,18-20H2,1-4H3,(H,34,35)/t25-,27?/m1/s1. The SMILES string of the molecule is CC[C@@H](C(=O)O)c1cccc(CC(C)(C)NCC(O)c2ccc(OCc3ccccc3)c(NS(C)(=O)=O)c2)c1. The van der Waals surface area contributed by atoms with E-state index in [0.29, 0.717) is 24.2 Å². The van der Waals surface area contributed by atoms with Crippen LogP contribution in [0.15, 0.2) is 72.8 Å². The molecule has 0 aliphatic rings. The number of carboxylic acid groups (broad SMARTS) is 1. The van der Waals surface area contributed by atoms with Crippen LogP contribution in [0.2, 0.25) is 0 Å². The number of anilines is 1. The molecule has 210 valence electrons. The highest BCUT2D eigenvalue weighted by Gasteiger charge is 2.23. The fourth-order valence-electron chi connectivity index (χ4n) is 4.43. The molecule has 0 heterocycles. The molecule has 0 bridgehead atoms. The van der Waals surface area contributed by atoms with E-state index in [4.69, 9.17) is 4.74 Å². The number of ether oxygens (including phenoxy) is 1. The molecule has 0 aliphatic heterocycles. The fraction of sp³-hybridized carbons (Fsp3) is 0.367. The summed E-state index contributed by atoms with van der Waals surface area (Å²) in [5.74, 6) is -1.02. The van der Waals surface area contributed by atoms with Gasteiger partial charge in [0.1, 0.15) is 12.4 Å². The molecule has 9 heteroatoms. The number of aliphatic hydroxyl groups is 1. The average Bonchev–Trinajstić information content (AvgIpc) is 2.86. The first-order valence-corrected chi connectivity index (χ1v) is 14.8. The van der Waals surface area contributed by atoms with Crippen LogP contribution in [0.25, 0.3) is 0 Å². The smallest absolute Gasteiger partial charge is 0.310 e. The Morgan fingerprint density at radius 1 is 0.974 bits per heavy atom. The van der Waals surface area contributed by atoms with Gasteiger partial charge in [0.25, 0.3) is 0 Å². The quantitative estimate of drug-likeness (QED) is 0.224. The van der Waals surface area contributed by atoms with Crippen LogP contribution in [0.5, 0.6) is 5.75 Å². The van der Waals surface area contributed by atoms with Crippen LogP contribution in [0.1, 0.15) is 61.5 Å². The van der Waals surface area contributed by atoms with Crippen molar-refractivity contribution in [1.82, 2.24) is 5.32 Å². The summed E-state index contributed by atoms with van der Waals surface area (Å²) in [6, 6.07) is 22.1. The molecule has 0 fully saturated rings. The van der Waals surface area contributed by atoms with E-state index in [1.807, 2.05) is 75.4 Å². The van der Waals surface area contributed by atoms with E-state index in [1.54, 1.807) is 18.2 Å². The summed E-state index contributed by atoms with van der Waals surface area (Å²) >= 11 is 0. The lowest BCUT2D eigenvalue weighted by Crippen LogP contribution is -2.43. The molecule has 0 aromatic heterocycles. The Balaban J connectivity index is 1.69. The number of benzene rings is 3. The third kappa shape index (κ3) is 9.38. The number of carbonyl (C=O) groups is 1. The molecule has 39 heavy (non-hydrogen) atoms. The van der Waals surface area contributed by atoms with Gasteiger partial charge in [0.05, 0.1) is 24.0 Å². The Morgan fingerprint density at radius 3 is 2.31 bits per heavy atom. The zero-order valence-electron chi connectivity index (χ0n) is 22.8. The van der Waals surface area contributed by atoms with Crippen molar-refractivity contribution in [2.75, 3.05) is 17.5 Å². The maximum Gasteiger partial charge on any atom is 0.310 e. The zero-order chi connectivity index (χ0) is 28.6. The highest BCUT2D eigenvalue weighted by molar-refractivity contribution is 7.92. The molecule has 4 N–H and O–H groups in total. The Morgan fingerprint density at radius 2 is 1.67 bits per heavy atom. The highest BCUT2D eigenvalue weighted by Crippen LogP contribution is 2.30. The minimum Gasteiger partial charge on any atom is -0.487 e. The normalized spacial score (nSPS) is 13.5. The van der Waals surface area contributed by atoms with Crippen molar-refractivity contribution in [2.24, 2.45) is 0 Å². The molecule has 0 amide bonds. The predicted molar refractivity (Wildman–Crippen MR) is 154 cm³/mol. The van der Waals surface area contributed by atoms with Crippen molar-refractivity contribution < 1.29 is 28.2 Å². The van der Waals surface area contributed by atoms with Gasteiger partial charge in [0.15, 0.2) is 0 Å². The number of β-amino-alcohol motifs (C(OH)–C–C–N with tert-alkyl or cyclic N) is 1. The molecule has 3 rings (SSSR count). The number of nitrogens with one attached hydrogen (secondary N) is 2. The predicted octanol–water partition coefficient (Wildman–Crippen LogP) is 4.86. The Kier molecular flexibility index (Phi) is 10.1. The molecule has 3 aromatic carbocycles. The minimum atomic E-state index is -3.58. The van der Waals surface area contributed by atoms with Crippen LogP contribution in [0.3, 0.4) is 0 Å². The molecule has 1 unspecified atom stereocenters. The van der Waals surface area contributed by atoms with E-state index in [1.165, 1.54) is 0 Å². The highest BCUT2D eigenvalue weighted by atomic mass is 32.2. The summed E-state index contributed by atoms with van der Waals surface area (Å²) < 4.78 is 32.3. The van der Waals surface area contributed by atoms with Crippen molar-refractivity contribution in [1.29, 1.82) is 0 Å². The summed E-state index contributed by atoms with van der Waals surface area (Å²) in [6.45, 7) is 6.37. The number of carboxylic acids is 1. The lowest BCUT2D eigenvalue weighted by Gasteiger charge is -2.28. The second-order valence-electron chi connectivity index (χ2n) is 10.4. The summed E-state index contributed by atoms with van der Waals surface area (Å²) in [5, 5.41) is 23.8. The third-order valence-corrected chi connectivity index (χ3v) is 6.99. The number of sulfonamides is 1. The number of aliphatic hydroxyl groups excluding tert-OH is 1. The number of aliphatic carboxylic acids is 1. The van der Waals surface area contributed by atoms with Crippen molar-refractivity contribution in [2.45, 2.75) is 57.8 Å². The van der Waals surface area contributed by atoms with E-state index < -0.39 is 33.6 Å². The maximum absolute atomic E-state index is 12.0. The summed E-state index contributed by atoms with van der Waals surface area (Å²) in [4.78, 5) is 11.6. The van der Waals surface area contributed by atoms with Gasteiger partial charge in [-0.15, -0.1) is 0 Å². The van der Waals surface area contributed by atoms with Gasteiger partial charge in [-0.05, 0) is 61.1 Å². The van der Waals surface area contributed by atoms with Gasteiger partial charge in [0.2, 0.25) is 10.0 Å². The van der Waals surface area contributed by atoms with Gasteiger partial charge in [-0.2, -0.15) is 0 Å². The molecule has 2 atom stereocenters. The molecular formula is C30H38N2O6S. The van der Waals surface area contributed by atoms with Gasteiger partial charge in [-0.3, -0.25) is 9.52 Å². The maximum atomic E-state index is 12.0. The number of rotatable bonds is 14. The molecule has 0 saturated carbocycles. The monoisotopic (exact) mass is 554 g/mol. The van der Waals surface area contributed by atoms with Gasteiger partial charge in [-0.25, -0.2) is 8.42 Å². The van der Waals surface area contributed by atoms with Crippen LogP contribution >= 0.6 is 0 Å². The lowest BCUT2D eigenvalue weighted by molar-refractivity contribution is -0.138. The molecule has 0 aliphatic carbocycles.